The number of carbonyl (C=O) groups is 1. The molecule has 0 aliphatic carbocycles. The third-order valence-corrected chi connectivity index (χ3v) is 9.92. The van der Waals surface area contributed by atoms with Crippen molar-refractivity contribution in [2.45, 2.75) is 206 Å². The second-order valence-corrected chi connectivity index (χ2v) is 15.7. The zero-order valence-corrected chi connectivity index (χ0v) is 33.8. The zero-order valence-electron chi connectivity index (χ0n) is 33.0. The average Bonchev–Trinajstić information content (AvgIpc) is 3.09. The Balaban J connectivity index is 4.02. The number of aliphatic hydroxyl groups excluding tert-OH is 1. The Labute approximate surface area is 315 Å². The van der Waals surface area contributed by atoms with Crippen LogP contribution in [0.2, 0.25) is 0 Å². The van der Waals surface area contributed by atoms with Gasteiger partial charge in [0, 0.05) is 6.42 Å². The lowest BCUT2D eigenvalue weighted by molar-refractivity contribution is -0.122. The van der Waals surface area contributed by atoms with Crippen LogP contribution < -0.4 is 5.32 Å². The third-order valence-electron chi connectivity index (χ3n) is 9.14. The van der Waals surface area contributed by atoms with Crippen molar-refractivity contribution in [3.63, 3.8) is 0 Å². The Bertz CT molecular complexity index is 1030. The molecule has 2 atom stereocenters. The Morgan fingerprint density at radius 2 is 0.902 bits per heavy atom. The van der Waals surface area contributed by atoms with Gasteiger partial charge in [-0.3, -0.25) is 9.35 Å². The van der Waals surface area contributed by atoms with Gasteiger partial charge in [0.05, 0.1) is 17.9 Å². The first-order chi connectivity index (χ1) is 24.8. The zero-order chi connectivity index (χ0) is 37.5. The minimum absolute atomic E-state index is 0.273. The summed E-state index contributed by atoms with van der Waals surface area (Å²) in [6.07, 6.45) is 52.0. The molecule has 0 radical (unpaired) electrons. The molecular weight excluding hydrogens is 655 g/mol. The van der Waals surface area contributed by atoms with E-state index in [2.05, 4.69) is 67.8 Å². The number of rotatable bonds is 37. The number of unbranched alkanes of at least 4 members (excludes halogenated alkanes) is 21. The van der Waals surface area contributed by atoms with Crippen LogP contribution in [-0.4, -0.2) is 41.9 Å². The molecule has 0 bridgehead atoms. The summed E-state index contributed by atoms with van der Waals surface area (Å²) in [5.74, 6) is -1.02. The maximum Gasteiger partial charge on any atom is 0.267 e. The first-order valence-electron chi connectivity index (χ1n) is 21.0. The number of hydrogen-bond donors (Lipinski definition) is 3. The van der Waals surface area contributed by atoms with Crippen LogP contribution in [0.1, 0.15) is 194 Å². The van der Waals surface area contributed by atoms with Crippen LogP contribution in [0.15, 0.2) is 60.8 Å². The van der Waals surface area contributed by atoms with E-state index in [-0.39, 0.29) is 12.3 Å². The van der Waals surface area contributed by atoms with Crippen molar-refractivity contribution in [3.05, 3.63) is 60.8 Å². The molecule has 0 aromatic heterocycles. The van der Waals surface area contributed by atoms with E-state index in [1.807, 2.05) is 0 Å². The average molecular weight is 734 g/mol. The standard InChI is InChI=1S/C44H79NO5S/c1-3-5-7-9-11-13-15-17-19-21-23-25-27-29-31-33-35-37-39-43(46)42(41-51(48,49)50)45-44(47)40-38-36-34-32-30-28-26-24-22-20-18-16-14-12-10-8-6-4-2/h14,16,20-23,29,31,37,39,42-43,46H,3-13,15,17-19,24-28,30,32-36,38,40-41H2,1-2H3,(H,45,47)(H,48,49,50)/b16-14-,22-20-,23-21+,31-29+,39-37+. The van der Waals surface area contributed by atoms with Crippen LogP contribution in [0.5, 0.6) is 0 Å². The van der Waals surface area contributed by atoms with Crippen molar-refractivity contribution in [2.24, 2.45) is 0 Å². The lowest BCUT2D eigenvalue weighted by atomic mass is 10.1. The molecule has 0 aliphatic heterocycles. The second-order valence-electron chi connectivity index (χ2n) is 14.2. The Morgan fingerprint density at radius 1 is 0.529 bits per heavy atom. The summed E-state index contributed by atoms with van der Waals surface area (Å²) >= 11 is 0. The first-order valence-corrected chi connectivity index (χ1v) is 22.6. The Hall–Kier alpha value is -1.96. The summed E-state index contributed by atoms with van der Waals surface area (Å²) in [5, 5.41) is 13.2. The quantitative estimate of drug-likeness (QED) is 0.0335. The fourth-order valence-corrected chi connectivity index (χ4v) is 6.72. The summed E-state index contributed by atoms with van der Waals surface area (Å²) in [4.78, 5) is 12.5. The number of nitrogens with one attached hydrogen (secondary N) is 1. The van der Waals surface area contributed by atoms with Gasteiger partial charge in [0.2, 0.25) is 5.91 Å². The van der Waals surface area contributed by atoms with E-state index in [4.69, 9.17) is 0 Å². The maximum absolute atomic E-state index is 12.5. The van der Waals surface area contributed by atoms with Crippen LogP contribution in [-0.2, 0) is 14.9 Å². The smallest absolute Gasteiger partial charge is 0.267 e. The number of aliphatic hydroxyl groups is 1. The van der Waals surface area contributed by atoms with Gasteiger partial charge in [0.25, 0.3) is 10.1 Å². The van der Waals surface area contributed by atoms with E-state index in [0.29, 0.717) is 12.8 Å². The van der Waals surface area contributed by atoms with Crippen LogP contribution >= 0.6 is 0 Å². The molecule has 1 amide bonds. The van der Waals surface area contributed by atoms with Gasteiger partial charge in [-0.25, -0.2) is 0 Å². The Morgan fingerprint density at radius 3 is 1.37 bits per heavy atom. The molecule has 0 saturated heterocycles. The number of carbonyl (C=O) groups excluding carboxylic acids is 1. The summed E-state index contributed by atoms with van der Waals surface area (Å²) in [6.45, 7) is 4.50. The van der Waals surface area contributed by atoms with Crippen molar-refractivity contribution >= 4 is 16.0 Å². The van der Waals surface area contributed by atoms with Crippen molar-refractivity contribution in [1.82, 2.24) is 5.32 Å². The predicted octanol–water partition coefficient (Wildman–Crippen LogP) is 12.5. The molecule has 2 unspecified atom stereocenters. The Kier molecular flexibility index (Phi) is 36.3. The van der Waals surface area contributed by atoms with Gasteiger partial charge in [-0.2, -0.15) is 8.42 Å². The van der Waals surface area contributed by atoms with Gasteiger partial charge in [0.15, 0.2) is 0 Å². The molecule has 7 heteroatoms. The van der Waals surface area contributed by atoms with Gasteiger partial charge in [-0.05, 0) is 77.0 Å². The maximum atomic E-state index is 12.5. The largest absolute Gasteiger partial charge is 0.387 e. The number of hydrogen-bond acceptors (Lipinski definition) is 4. The summed E-state index contributed by atoms with van der Waals surface area (Å²) in [6, 6.07) is -1.09. The van der Waals surface area contributed by atoms with E-state index in [0.717, 1.165) is 51.4 Å². The molecule has 0 heterocycles. The minimum Gasteiger partial charge on any atom is -0.387 e. The van der Waals surface area contributed by atoms with Gasteiger partial charge in [0.1, 0.15) is 0 Å². The predicted molar refractivity (Wildman–Crippen MR) is 221 cm³/mol. The summed E-state index contributed by atoms with van der Waals surface area (Å²) < 4.78 is 32.5. The summed E-state index contributed by atoms with van der Waals surface area (Å²) in [7, 11) is -4.36. The monoisotopic (exact) mass is 734 g/mol. The molecule has 296 valence electrons. The van der Waals surface area contributed by atoms with Crippen LogP contribution in [0, 0.1) is 0 Å². The van der Waals surface area contributed by atoms with E-state index >= 15 is 0 Å². The topological polar surface area (TPSA) is 104 Å². The van der Waals surface area contributed by atoms with Crippen LogP contribution in [0.3, 0.4) is 0 Å². The van der Waals surface area contributed by atoms with Crippen molar-refractivity contribution < 1.29 is 22.9 Å². The lowest BCUT2D eigenvalue weighted by Gasteiger charge is -2.21. The van der Waals surface area contributed by atoms with E-state index in [1.54, 1.807) is 6.08 Å². The fraction of sp³-hybridized carbons (Fsp3) is 0.750. The highest BCUT2D eigenvalue weighted by molar-refractivity contribution is 7.85. The molecule has 0 fully saturated rings. The fourth-order valence-electron chi connectivity index (χ4n) is 5.98. The molecule has 0 aliphatic rings. The van der Waals surface area contributed by atoms with Crippen molar-refractivity contribution in [2.75, 3.05) is 5.75 Å². The van der Waals surface area contributed by atoms with Crippen molar-refractivity contribution in [1.29, 1.82) is 0 Å². The molecule has 0 rings (SSSR count). The highest BCUT2D eigenvalue weighted by Gasteiger charge is 2.24. The van der Waals surface area contributed by atoms with Gasteiger partial charge < -0.3 is 10.4 Å². The normalized spacial score (nSPS) is 13.9. The highest BCUT2D eigenvalue weighted by Crippen LogP contribution is 2.12. The number of allylic oxidation sites excluding steroid dienone is 9. The van der Waals surface area contributed by atoms with E-state index < -0.39 is 28.0 Å². The molecule has 6 nitrogen and oxygen atoms in total. The first kappa shape index (κ1) is 49.0. The van der Waals surface area contributed by atoms with Gasteiger partial charge in [-0.1, -0.05) is 171 Å². The lowest BCUT2D eigenvalue weighted by Crippen LogP contribution is -2.46. The van der Waals surface area contributed by atoms with Crippen LogP contribution in [0.25, 0.3) is 0 Å². The second kappa shape index (κ2) is 37.8. The highest BCUT2D eigenvalue weighted by atomic mass is 32.2. The van der Waals surface area contributed by atoms with Gasteiger partial charge >= 0.3 is 0 Å². The molecule has 3 N–H and O–H groups in total. The molecule has 0 saturated carbocycles. The summed E-state index contributed by atoms with van der Waals surface area (Å²) in [5.41, 5.74) is 0. The van der Waals surface area contributed by atoms with E-state index in [1.165, 1.54) is 115 Å². The van der Waals surface area contributed by atoms with E-state index in [9.17, 15) is 22.9 Å². The molecule has 0 aromatic rings. The third kappa shape index (κ3) is 39.1. The van der Waals surface area contributed by atoms with Gasteiger partial charge in [-0.15, -0.1) is 0 Å². The molecular formula is C44H79NO5S. The molecule has 0 spiro atoms. The number of amides is 1. The molecule has 0 aromatic carbocycles. The minimum atomic E-state index is -4.36. The molecule has 51 heavy (non-hydrogen) atoms. The SMILES string of the molecule is CCCCCC/C=C\C/C=C\CCCCCCCCCC(=O)NC(CS(=O)(=O)O)C(O)/C=C/CC/C=C/CC/C=C/CCCCCCCCCC. The van der Waals surface area contributed by atoms with Crippen LogP contribution in [0.4, 0.5) is 0 Å². The van der Waals surface area contributed by atoms with Crippen molar-refractivity contribution in [3.8, 4) is 0 Å².